The molecule has 8 nitrogen and oxygen atoms in total. The Hall–Kier alpha value is -1.45. The molecule has 6 N–H and O–H groups in total. The Balaban J connectivity index is 2.58. The van der Waals surface area contributed by atoms with Gasteiger partial charge in [0.15, 0.2) is 0 Å². The van der Waals surface area contributed by atoms with Crippen LogP contribution in [0.1, 0.15) is 12.8 Å². The molecule has 0 saturated heterocycles. The second-order valence-electron chi connectivity index (χ2n) is 3.71. The van der Waals surface area contributed by atoms with Gasteiger partial charge in [0, 0.05) is 13.0 Å². The lowest BCUT2D eigenvalue weighted by Gasteiger charge is -2.21. The number of amidine groups is 1. The number of hydrogen-bond acceptors (Lipinski definition) is 6. The number of carbonyl (C=O) groups is 2. The summed E-state index contributed by atoms with van der Waals surface area (Å²) in [5.41, 5.74) is 10.4. The van der Waals surface area contributed by atoms with Gasteiger partial charge in [0.2, 0.25) is 11.8 Å². The molecule has 1 rings (SSSR count). The summed E-state index contributed by atoms with van der Waals surface area (Å²) in [4.78, 5) is 27.3. The first-order valence-electron chi connectivity index (χ1n) is 5.19. The highest BCUT2D eigenvalue weighted by Crippen LogP contribution is 2.07. The van der Waals surface area contributed by atoms with Gasteiger partial charge in [0.05, 0.1) is 12.6 Å². The van der Waals surface area contributed by atoms with Crippen LogP contribution in [-0.4, -0.2) is 58.7 Å². The summed E-state index contributed by atoms with van der Waals surface area (Å²) in [7, 11) is -1.80. The molecule has 0 bridgehead atoms. The third-order valence-electron chi connectivity index (χ3n) is 2.39. The summed E-state index contributed by atoms with van der Waals surface area (Å²) in [6.07, 6.45) is 0.133. The van der Waals surface area contributed by atoms with E-state index < -0.39 is 25.0 Å². The average Bonchev–Trinajstić information content (AvgIpc) is 2.73. The Kier molecular flexibility index (Phi) is 4.61. The Morgan fingerprint density at radius 1 is 1.53 bits per heavy atom. The van der Waals surface area contributed by atoms with Crippen LogP contribution < -0.4 is 11.5 Å². The molecule has 0 aromatic heterocycles. The highest BCUT2D eigenvalue weighted by molar-refractivity contribution is 6.80. The summed E-state index contributed by atoms with van der Waals surface area (Å²) in [5.74, 6) is -1.03. The fourth-order valence-corrected chi connectivity index (χ4v) is 1.53. The maximum atomic E-state index is 11.8. The van der Waals surface area contributed by atoms with Gasteiger partial charge in [-0.15, -0.1) is 0 Å². The van der Waals surface area contributed by atoms with E-state index in [0.717, 1.165) is 4.90 Å². The van der Waals surface area contributed by atoms with Crippen molar-refractivity contribution in [3.8, 4) is 0 Å². The molecule has 0 aromatic rings. The minimum absolute atomic E-state index is 0.00883. The summed E-state index contributed by atoms with van der Waals surface area (Å²) in [5, 5.41) is 18.0. The molecule has 0 saturated carbocycles. The average molecular weight is 242 g/mol. The lowest BCUT2D eigenvalue weighted by Crippen LogP contribution is -2.50. The first-order valence-corrected chi connectivity index (χ1v) is 5.19. The number of hydrogen-bond donors (Lipinski definition) is 4. The standard InChI is InChI=1S/C8H15BN4O4/c10-5(1-2-6(11)14)7(15)13-4-3-12-8(13)9(16)17/h5,16-17H,1-4,10H2,(H2,11,14)/t5-/m0/s1. The quantitative estimate of drug-likeness (QED) is 0.376. The zero-order chi connectivity index (χ0) is 13.0. The SMILES string of the molecule is NC(=O)CC[C@H](N)C(=O)N1CCN=C1B(O)O. The predicted molar refractivity (Wildman–Crippen MR) is 60.6 cm³/mol. The van der Waals surface area contributed by atoms with Gasteiger partial charge in [-0.1, -0.05) is 0 Å². The first kappa shape index (κ1) is 13.6. The van der Waals surface area contributed by atoms with E-state index in [1.54, 1.807) is 0 Å². The van der Waals surface area contributed by atoms with Gasteiger partial charge in [0.25, 0.3) is 0 Å². The molecule has 0 radical (unpaired) electrons. The molecular formula is C8H15BN4O4. The molecule has 2 amide bonds. The van der Waals surface area contributed by atoms with Crippen LogP contribution in [-0.2, 0) is 9.59 Å². The molecule has 1 atom stereocenters. The highest BCUT2D eigenvalue weighted by Gasteiger charge is 2.33. The summed E-state index contributed by atoms with van der Waals surface area (Å²) in [6.45, 7) is 0.567. The third kappa shape index (κ3) is 3.51. The molecule has 94 valence electrons. The fourth-order valence-electron chi connectivity index (χ4n) is 1.53. The number of aliphatic imine (C=N–C) groups is 1. The number of amides is 2. The Bertz CT molecular complexity index is 346. The van der Waals surface area contributed by atoms with Crippen molar-refractivity contribution in [3.05, 3.63) is 0 Å². The second-order valence-corrected chi connectivity index (χ2v) is 3.71. The van der Waals surface area contributed by atoms with Crippen molar-refractivity contribution in [2.45, 2.75) is 18.9 Å². The van der Waals surface area contributed by atoms with E-state index in [0.29, 0.717) is 6.54 Å². The number of nitrogens with zero attached hydrogens (tertiary/aromatic N) is 2. The van der Waals surface area contributed by atoms with Gasteiger partial charge in [-0.2, -0.15) is 0 Å². The topological polar surface area (TPSA) is 142 Å². The van der Waals surface area contributed by atoms with Gasteiger partial charge < -0.3 is 26.4 Å². The largest absolute Gasteiger partial charge is 0.525 e. The van der Waals surface area contributed by atoms with Crippen LogP contribution in [0.25, 0.3) is 0 Å². The molecular weight excluding hydrogens is 227 g/mol. The lowest BCUT2D eigenvalue weighted by molar-refractivity contribution is -0.128. The Morgan fingerprint density at radius 3 is 2.71 bits per heavy atom. The molecule has 1 aliphatic rings. The van der Waals surface area contributed by atoms with Crippen molar-refractivity contribution in [1.82, 2.24) is 4.90 Å². The molecule has 0 unspecified atom stereocenters. The molecule has 0 aliphatic carbocycles. The van der Waals surface area contributed by atoms with Crippen molar-refractivity contribution in [2.24, 2.45) is 16.5 Å². The number of rotatable bonds is 5. The number of nitrogens with two attached hydrogens (primary N) is 2. The van der Waals surface area contributed by atoms with Crippen LogP contribution in [0.15, 0.2) is 4.99 Å². The third-order valence-corrected chi connectivity index (χ3v) is 2.39. The van der Waals surface area contributed by atoms with Crippen LogP contribution in [0.3, 0.4) is 0 Å². The van der Waals surface area contributed by atoms with E-state index in [1.807, 2.05) is 0 Å². The van der Waals surface area contributed by atoms with E-state index in [4.69, 9.17) is 21.5 Å². The summed E-state index contributed by atoms with van der Waals surface area (Å²) in [6, 6.07) is -0.899. The maximum Gasteiger partial charge on any atom is 0.525 e. The Morgan fingerprint density at radius 2 is 2.18 bits per heavy atom. The maximum absolute atomic E-state index is 11.8. The molecule has 1 heterocycles. The molecule has 9 heteroatoms. The summed E-state index contributed by atoms with van der Waals surface area (Å²) < 4.78 is 0. The van der Waals surface area contributed by atoms with E-state index in [9.17, 15) is 9.59 Å². The fraction of sp³-hybridized carbons (Fsp3) is 0.625. The zero-order valence-corrected chi connectivity index (χ0v) is 9.24. The van der Waals surface area contributed by atoms with Crippen molar-refractivity contribution in [2.75, 3.05) is 13.1 Å². The minimum atomic E-state index is -1.80. The zero-order valence-electron chi connectivity index (χ0n) is 9.24. The van der Waals surface area contributed by atoms with Crippen LogP contribution in [0.2, 0.25) is 0 Å². The molecule has 17 heavy (non-hydrogen) atoms. The molecule has 0 fully saturated rings. The molecule has 0 spiro atoms. The molecule has 0 aromatic carbocycles. The van der Waals surface area contributed by atoms with Crippen molar-refractivity contribution >= 4 is 24.7 Å². The van der Waals surface area contributed by atoms with E-state index in [1.165, 1.54) is 0 Å². The lowest BCUT2D eigenvalue weighted by atomic mass is 9.88. The number of primary amides is 1. The van der Waals surface area contributed by atoms with E-state index >= 15 is 0 Å². The van der Waals surface area contributed by atoms with Crippen molar-refractivity contribution in [1.29, 1.82) is 0 Å². The summed E-state index contributed by atoms with van der Waals surface area (Å²) >= 11 is 0. The first-order chi connectivity index (χ1) is 7.93. The normalized spacial score (nSPS) is 16.6. The van der Waals surface area contributed by atoms with Gasteiger partial charge in [-0.05, 0) is 6.42 Å². The Labute approximate surface area is 98.4 Å². The van der Waals surface area contributed by atoms with Gasteiger partial charge >= 0.3 is 7.12 Å². The van der Waals surface area contributed by atoms with E-state index in [2.05, 4.69) is 4.99 Å². The minimum Gasteiger partial charge on any atom is -0.421 e. The molecule has 1 aliphatic heterocycles. The van der Waals surface area contributed by atoms with Crippen molar-refractivity contribution < 1.29 is 19.6 Å². The smallest absolute Gasteiger partial charge is 0.421 e. The predicted octanol–water partition coefficient (Wildman–Crippen LogP) is -3.17. The van der Waals surface area contributed by atoms with Gasteiger partial charge in [0.1, 0.15) is 5.73 Å². The van der Waals surface area contributed by atoms with Crippen LogP contribution in [0.4, 0.5) is 0 Å². The van der Waals surface area contributed by atoms with E-state index in [-0.39, 0.29) is 25.1 Å². The number of carbonyl (C=O) groups excluding carboxylic acids is 2. The van der Waals surface area contributed by atoms with Gasteiger partial charge in [-0.25, -0.2) is 0 Å². The van der Waals surface area contributed by atoms with Crippen LogP contribution in [0, 0.1) is 0 Å². The van der Waals surface area contributed by atoms with Crippen molar-refractivity contribution in [3.63, 3.8) is 0 Å². The van der Waals surface area contributed by atoms with Gasteiger partial charge in [-0.3, -0.25) is 14.6 Å². The highest BCUT2D eigenvalue weighted by atomic mass is 16.4. The monoisotopic (exact) mass is 242 g/mol. The second kappa shape index (κ2) is 5.76. The van der Waals surface area contributed by atoms with Crippen LogP contribution in [0.5, 0.6) is 0 Å². The van der Waals surface area contributed by atoms with Crippen LogP contribution >= 0.6 is 0 Å².